The molecule has 7 nitrogen and oxygen atoms in total. The van der Waals surface area contributed by atoms with E-state index in [-0.39, 0.29) is 11.7 Å². The molecule has 10 heteroatoms. The fraction of sp³-hybridized carbons (Fsp3) is 0.143. The van der Waals surface area contributed by atoms with E-state index in [0.717, 1.165) is 26.2 Å². The van der Waals surface area contributed by atoms with E-state index >= 15 is 0 Å². The van der Waals surface area contributed by atoms with Crippen molar-refractivity contribution in [3.8, 4) is 0 Å². The van der Waals surface area contributed by atoms with Crippen LogP contribution in [0.4, 0.5) is 4.39 Å². The van der Waals surface area contributed by atoms with Crippen LogP contribution in [0, 0.1) is 5.82 Å². The van der Waals surface area contributed by atoms with Gasteiger partial charge >= 0.3 is 0 Å². The molecule has 0 saturated carbocycles. The fourth-order valence-electron chi connectivity index (χ4n) is 4.08. The number of amides is 1. The van der Waals surface area contributed by atoms with Crippen molar-refractivity contribution >= 4 is 48.9 Å². The summed E-state index contributed by atoms with van der Waals surface area (Å²) in [6, 6.07) is 9.68. The minimum atomic E-state index is -0.454. The summed E-state index contributed by atoms with van der Waals surface area (Å²) in [5, 5.41) is 5.06. The second kappa shape index (κ2) is 6.96. The third-order valence-corrected chi connectivity index (χ3v) is 7.18. The predicted molar refractivity (Wildman–Crippen MR) is 118 cm³/mol. The van der Waals surface area contributed by atoms with Crippen LogP contribution in [0.25, 0.3) is 15.7 Å². The average Bonchev–Trinajstić information content (AvgIpc) is 3.50. The summed E-state index contributed by atoms with van der Waals surface area (Å²) >= 11 is 4.85. The molecule has 31 heavy (non-hydrogen) atoms. The summed E-state index contributed by atoms with van der Waals surface area (Å²) in [7, 11) is 0. The molecule has 0 saturated heterocycles. The zero-order valence-electron chi connectivity index (χ0n) is 15.9. The van der Waals surface area contributed by atoms with Crippen molar-refractivity contribution in [1.29, 1.82) is 0 Å². The van der Waals surface area contributed by atoms with Gasteiger partial charge < -0.3 is 9.88 Å². The zero-order valence-corrected chi connectivity index (χ0v) is 18.3. The number of benzene rings is 1. The van der Waals surface area contributed by atoms with Gasteiger partial charge in [-0.25, -0.2) is 18.9 Å². The molecule has 0 unspecified atom stereocenters. The summed E-state index contributed by atoms with van der Waals surface area (Å²) in [6.07, 6.45) is 3.90. The van der Waals surface area contributed by atoms with Crippen LogP contribution in [0.5, 0.6) is 0 Å². The number of imidazole rings is 1. The Labute approximate surface area is 187 Å². The highest BCUT2D eigenvalue weighted by atomic mass is 79.9. The molecule has 4 aromatic heterocycles. The van der Waals surface area contributed by atoms with Crippen LogP contribution in [0.1, 0.15) is 32.8 Å². The Hall–Kier alpha value is -3.11. The molecule has 1 N–H and O–H groups in total. The van der Waals surface area contributed by atoms with E-state index < -0.39 is 6.04 Å². The van der Waals surface area contributed by atoms with E-state index in [4.69, 9.17) is 4.98 Å². The number of pyridine rings is 1. The van der Waals surface area contributed by atoms with Crippen molar-refractivity contribution in [3.05, 3.63) is 81.3 Å². The van der Waals surface area contributed by atoms with Gasteiger partial charge in [-0.3, -0.25) is 4.79 Å². The maximum absolute atomic E-state index is 13.7. The highest BCUT2D eigenvalue weighted by Crippen LogP contribution is 2.38. The molecular weight excluding hydrogens is 483 g/mol. The largest absolute Gasteiger partial charge is 0.348 e. The third kappa shape index (κ3) is 2.89. The molecule has 1 amide bonds. The first-order valence-electron chi connectivity index (χ1n) is 9.61. The highest BCUT2D eigenvalue weighted by Gasteiger charge is 2.37. The smallest absolute Gasteiger partial charge is 0.258 e. The van der Waals surface area contributed by atoms with E-state index in [1.807, 2.05) is 18.2 Å². The van der Waals surface area contributed by atoms with Gasteiger partial charge in [-0.1, -0.05) is 6.07 Å². The van der Waals surface area contributed by atoms with Gasteiger partial charge in [0.05, 0.1) is 39.5 Å². The van der Waals surface area contributed by atoms with Gasteiger partial charge in [-0.15, -0.1) is 11.3 Å². The van der Waals surface area contributed by atoms with Crippen LogP contribution in [0.15, 0.2) is 53.5 Å². The first-order valence-corrected chi connectivity index (χ1v) is 11.2. The Morgan fingerprint density at radius 1 is 1.29 bits per heavy atom. The molecule has 0 bridgehead atoms. The second-order valence-corrected chi connectivity index (χ2v) is 9.16. The topological polar surface area (TPSA) is 79.2 Å². The number of rotatable bonds is 2. The normalized spacial score (nSPS) is 16.2. The predicted octanol–water partition coefficient (Wildman–Crippen LogP) is 4.36. The molecule has 1 aromatic carbocycles. The maximum atomic E-state index is 13.7. The number of aromatic nitrogens is 5. The number of H-pyrrole nitrogens is 1. The van der Waals surface area contributed by atoms with Crippen molar-refractivity contribution in [2.45, 2.75) is 12.5 Å². The van der Waals surface area contributed by atoms with Crippen LogP contribution in [0.3, 0.4) is 0 Å². The lowest BCUT2D eigenvalue weighted by molar-refractivity contribution is 0.0692. The molecule has 0 fully saturated rings. The summed E-state index contributed by atoms with van der Waals surface area (Å²) in [4.78, 5) is 27.9. The van der Waals surface area contributed by atoms with E-state index in [2.05, 4.69) is 31.0 Å². The number of fused-ring (bicyclic) bond motifs is 3. The zero-order chi connectivity index (χ0) is 21.1. The first-order chi connectivity index (χ1) is 15.1. The number of aromatic amines is 1. The van der Waals surface area contributed by atoms with E-state index in [0.29, 0.717) is 29.1 Å². The number of thiazole rings is 1. The van der Waals surface area contributed by atoms with Gasteiger partial charge in [0.25, 0.3) is 5.91 Å². The molecular formula is C21H14BrFN6OS. The van der Waals surface area contributed by atoms with Crippen molar-refractivity contribution in [2.75, 3.05) is 6.54 Å². The monoisotopic (exact) mass is 496 g/mol. The van der Waals surface area contributed by atoms with Gasteiger partial charge in [-0.05, 0) is 46.3 Å². The van der Waals surface area contributed by atoms with Crippen LogP contribution in [-0.4, -0.2) is 41.9 Å². The minimum absolute atomic E-state index is 0.141. The number of nitrogens with zero attached hydrogens (tertiary/aromatic N) is 5. The number of hydrogen-bond donors (Lipinski definition) is 1. The third-order valence-electron chi connectivity index (χ3n) is 5.51. The van der Waals surface area contributed by atoms with Crippen molar-refractivity contribution in [3.63, 3.8) is 0 Å². The summed E-state index contributed by atoms with van der Waals surface area (Å²) < 4.78 is 16.9. The van der Waals surface area contributed by atoms with Crippen LogP contribution in [-0.2, 0) is 6.42 Å². The number of nitrogens with one attached hydrogen (secondary N) is 1. The number of carbonyl (C=O) groups is 1. The molecule has 154 valence electrons. The van der Waals surface area contributed by atoms with Gasteiger partial charge in [0, 0.05) is 18.7 Å². The summed E-state index contributed by atoms with van der Waals surface area (Å²) in [5.74, 6) is -0.450. The summed E-state index contributed by atoms with van der Waals surface area (Å²) in [5.41, 5.74) is 3.70. The van der Waals surface area contributed by atoms with Gasteiger partial charge in [0.15, 0.2) is 0 Å². The van der Waals surface area contributed by atoms with E-state index in [1.165, 1.54) is 23.5 Å². The Bertz CT molecular complexity index is 1470. The Balaban J connectivity index is 1.49. The lowest BCUT2D eigenvalue weighted by Crippen LogP contribution is -2.40. The standard InChI is InChI=1S/C21H14BrFN6OS/c22-17-3-1-2-15-12(9-26-29(15)17)21(30)28-7-6-14-18(25-10-24-14)19(28)20-27-13-5-4-11(23)8-16(13)31-20/h1-5,8-10,19H,6-7H2,(H,24,25)/t19-/m0/s1. The molecule has 1 aliphatic rings. The number of halogens is 2. The Kier molecular flexibility index (Phi) is 4.19. The van der Waals surface area contributed by atoms with Crippen LogP contribution < -0.4 is 0 Å². The Morgan fingerprint density at radius 2 is 2.19 bits per heavy atom. The lowest BCUT2D eigenvalue weighted by atomic mass is 10.0. The number of hydrogen-bond acceptors (Lipinski definition) is 5. The molecule has 5 aromatic rings. The number of carbonyl (C=O) groups excluding carboxylic acids is 1. The quantitative estimate of drug-likeness (QED) is 0.368. The SMILES string of the molecule is O=C(c1cnn2c(Br)cccc12)N1CCc2[nH]cnc2[C@H]1c1nc2ccc(F)cc2s1. The van der Waals surface area contributed by atoms with Crippen molar-refractivity contribution in [2.24, 2.45) is 0 Å². The molecule has 1 atom stereocenters. The molecule has 0 spiro atoms. The second-order valence-electron chi connectivity index (χ2n) is 7.29. The fourth-order valence-corrected chi connectivity index (χ4v) is 5.62. The average molecular weight is 497 g/mol. The van der Waals surface area contributed by atoms with Gasteiger partial charge in [0.2, 0.25) is 0 Å². The molecule has 6 rings (SSSR count). The first kappa shape index (κ1) is 18.6. The van der Waals surface area contributed by atoms with E-state index in [1.54, 1.807) is 28.0 Å². The van der Waals surface area contributed by atoms with Crippen LogP contribution in [0.2, 0.25) is 0 Å². The van der Waals surface area contributed by atoms with E-state index in [9.17, 15) is 9.18 Å². The maximum Gasteiger partial charge on any atom is 0.258 e. The molecule has 5 heterocycles. The van der Waals surface area contributed by atoms with Crippen molar-refractivity contribution < 1.29 is 9.18 Å². The Morgan fingerprint density at radius 3 is 3.10 bits per heavy atom. The molecule has 1 aliphatic heterocycles. The minimum Gasteiger partial charge on any atom is -0.348 e. The highest BCUT2D eigenvalue weighted by molar-refractivity contribution is 9.10. The lowest BCUT2D eigenvalue weighted by Gasteiger charge is -2.33. The van der Waals surface area contributed by atoms with Gasteiger partial charge in [-0.2, -0.15) is 5.10 Å². The molecule has 0 radical (unpaired) electrons. The molecule has 0 aliphatic carbocycles. The summed E-state index contributed by atoms with van der Waals surface area (Å²) in [6.45, 7) is 0.508. The van der Waals surface area contributed by atoms with Crippen LogP contribution >= 0.6 is 27.3 Å². The van der Waals surface area contributed by atoms with Gasteiger partial charge in [0.1, 0.15) is 21.5 Å². The van der Waals surface area contributed by atoms with Crippen molar-refractivity contribution in [1.82, 2.24) is 29.5 Å².